The minimum atomic E-state index is -0.423. The summed E-state index contributed by atoms with van der Waals surface area (Å²) in [6.07, 6.45) is 2.71. The lowest BCUT2D eigenvalue weighted by Crippen LogP contribution is -2.36. The van der Waals surface area contributed by atoms with Gasteiger partial charge >= 0.3 is 0 Å². The average molecular weight is 238 g/mol. The normalized spacial score (nSPS) is 12.2. The van der Waals surface area contributed by atoms with E-state index in [2.05, 4.69) is 5.32 Å². The first-order valence-corrected chi connectivity index (χ1v) is 6.65. The molecule has 88 valence electrons. The van der Waals surface area contributed by atoms with Gasteiger partial charge in [0, 0.05) is 5.69 Å². The van der Waals surface area contributed by atoms with Crippen molar-refractivity contribution in [3.05, 3.63) is 29.8 Å². The number of amides is 1. The van der Waals surface area contributed by atoms with Crippen LogP contribution in [0.4, 0.5) is 5.69 Å². The number of hydrogen-bond donors (Lipinski definition) is 2. The third-order valence-electron chi connectivity index (χ3n) is 2.26. The van der Waals surface area contributed by atoms with Crippen molar-refractivity contribution in [2.75, 3.05) is 17.3 Å². The van der Waals surface area contributed by atoms with E-state index in [-0.39, 0.29) is 5.91 Å². The van der Waals surface area contributed by atoms with Crippen molar-refractivity contribution in [3.8, 4) is 0 Å². The number of nitrogens with one attached hydrogen (secondary N) is 1. The predicted molar refractivity (Wildman–Crippen MR) is 70.8 cm³/mol. The molecule has 0 spiro atoms. The van der Waals surface area contributed by atoms with Crippen LogP contribution in [-0.2, 0) is 4.79 Å². The van der Waals surface area contributed by atoms with Crippen LogP contribution in [0.3, 0.4) is 0 Å². The van der Waals surface area contributed by atoms with Gasteiger partial charge in [-0.2, -0.15) is 11.8 Å². The lowest BCUT2D eigenvalue weighted by Gasteiger charge is -2.11. The molecular formula is C12H18N2OS. The van der Waals surface area contributed by atoms with E-state index >= 15 is 0 Å². The van der Waals surface area contributed by atoms with Gasteiger partial charge in [0.1, 0.15) is 0 Å². The van der Waals surface area contributed by atoms with Gasteiger partial charge < -0.3 is 11.1 Å². The SMILES string of the molecule is CSCC[C@H](N)C(=O)Nc1cccc(C)c1. The number of rotatable bonds is 5. The molecule has 1 rings (SSSR count). The highest BCUT2D eigenvalue weighted by atomic mass is 32.2. The van der Waals surface area contributed by atoms with E-state index in [1.807, 2.05) is 37.4 Å². The molecule has 0 aliphatic rings. The van der Waals surface area contributed by atoms with Crippen molar-refractivity contribution >= 4 is 23.4 Å². The van der Waals surface area contributed by atoms with Crippen LogP contribution >= 0.6 is 11.8 Å². The summed E-state index contributed by atoms with van der Waals surface area (Å²) in [7, 11) is 0. The molecule has 3 nitrogen and oxygen atoms in total. The molecule has 1 aromatic carbocycles. The Morgan fingerprint density at radius 3 is 2.94 bits per heavy atom. The van der Waals surface area contributed by atoms with Crippen LogP contribution in [0.15, 0.2) is 24.3 Å². The van der Waals surface area contributed by atoms with Gasteiger partial charge in [-0.1, -0.05) is 12.1 Å². The summed E-state index contributed by atoms with van der Waals surface area (Å²) in [6, 6.07) is 7.28. The molecule has 0 saturated carbocycles. The predicted octanol–water partition coefficient (Wildman–Crippen LogP) is 2.01. The van der Waals surface area contributed by atoms with Crippen LogP contribution in [-0.4, -0.2) is 24.0 Å². The molecule has 3 N–H and O–H groups in total. The van der Waals surface area contributed by atoms with E-state index < -0.39 is 6.04 Å². The molecule has 0 fully saturated rings. The van der Waals surface area contributed by atoms with Gasteiger partial charge in [0.2, 0.25) is 5.91 Å². The highest BCUT2D eigenvalue weighted by Gasteiger charge is 2.12. The summed E-state index contributed by atoms with van der Waals surface area (Å²) in [5.41, 5.74) is 7.69. The second-order valence-electron chi connectivity index (χ2n) is 3.75. The van der Waals surface area contributed by atoms with Crippen LogP contribution in [0.2, 0.25) is 0 Å². The summed E-state index contributed by atoms with van der Waals surface area (Å²) >= 11 is 1.70. The Hall–Kier alpha value is -1.00. The molecule has 1 aromatic rings. The number of aryl methyl sites for hydroxylation is 1. The number of carbonyl (C=O) groups is 1. The van der Waals surface area contributed by atoms with Crippen molar-refractivity contribution < 1.29 is 4.79 Å². The van der Waals surface area contributed by atoms with Crippen LogP contribution in [0, 0.1) is 6.92 Å². The number of nitrogens with two attached hydrogens (primary N) is 1. The standard InChI is InChI=1S/C12H18N2OS/c1-9-4-3-5-10(8-9)14-12(15)11(13)6-7-16-2/h3-5,8,11H,6-7,13H2,1-2H3,(H,14,15)/t11-/m0/s1. The van der Waals surface area contributed by atoms with Gasteiger partial charge in [-0.05, 0) is 43.0 Å². The minimum Gasteiger partial charge on any atom is -0.325 e. The summed E-state index contributed by atoms with van der Waals surface area (Å²) in [6.45, 7) is 1.99. The summed E-state index contributed by atoms with van der Waals surface area (Å²) < 4.78 is 0. The van der Waals surface area contributed by atoms with Gasteiger partial charge in [0.25, 0.3) is 0 Å². The molecule has 0 radical (unpaired) electrons. The topological polar surface area (TPSA) is 55.1 Å². The lowest BCUT2D eigenvalue weighted by molar-refractivity contribution is -0.117. The van der Waals surface area contributed by atoms with E-state index in [0.717, 1.165) is 17.0 Å². The van der Waals surface area contributed by atoms with E-state index in [1.54, 1.807) is 11.8 Å². The third kappa shape index (κ3) is 4.24. The zero-order valence-corrected chi connectivity index (χ0v) is 10.5. The van der Waals surface area contributed by atoms with Crippen molar-refractivity contribution in [1.82, 2.24) is 0 Å². The zero-order valence-electron chi connectivity index (χ0n) is 9.69. The quantitative estimate of drug-likeness (QED) is 0.825. The Bertz CT molecular complexity index is 355. The second-order valence-corrected chi connectivity index (χ2v) is 4.73. The fourth-order valence-electron chi connectivity index (χ4n) is 1.33. The van der Waals surface area contributed by atoms with Crippen molar-refractivity contribution in [2.24, 2.45) is 5.73 Å². The summed E-state index contributed by atoms with van der Waals surface area (Å²) in [5.74, 6) is 0.794. The lowest BCUT2D eigenvalue weighted by atomic mass is 10.2. The molecule has 4 heteroatoms. The largest absolute Gasteiger partial charge is 0.325 e. The molecule has 0 aliphatic heterocycles. The smallest absolute Gasteiger partial charge is 0.241 e. The maximum Gasteiger partial charge on any atom is 0.241 e. The molecule has 0 saturated heterocycles. The summed E-state index contributed by atoms with van der Waals surface area (Å²) in [4.78, 5) is 11.7. The third-order valence-corrected chi connectivity index (χ3v) is 2.90. The maximum atomic E-state index is 11.7. The Morgan fingerprint density at radius 2 is 2.31 bits per heavy atom. The number of carbonyl (C=O) groups excluding carboxylic acids is 1. The minimum absolute atomic E-state index is 0.111. The fourth-order valence-corrected chi connectivity index (χ4v) is 1.82. The van der Waals surface area contributed by atoms with Gasteiger partial charge in [0.05, 0.1) is 6.04 Å². The second kappa shape index (κ2) is 6.55. The number of benzene rings is 1. The number of anilines is 1. The molecule has 16 heavy (non-hydrogen) atoms. The molecule has 0 heterocycles. The molecule has 1 amide bonds. The first-order chi connectivity index (χ1) is 7.63. The fraction of sp³-hybridized carbons (Fsp3) is 0.417. The first-order valence-electron chi connectivity index (χ1n) is 5.25. The first kappa shape index (κ1) is 13.1. The highest BCUT2D eigenvalue weighted by molar-refractivity contribution is 7.98. The van der Waals surface area contributed by atoms with Gasteiger partial charge in [-0.15, -0.1) is 0 Å². The molecular weight excluding hydrogens is 220 g/mol. The molecule has 0 aromatic heterocycles. The molecule has 0 unspecified atom stereocenters. The molecule has 0 aliphatic carbocycles. The van der Waals surface area contributed by atoms with Crippen LogP contribution < -0.4 is 11.1 Å². The Balaban J connectivity index is 2.50. The van der Waals surface area contributed by atoms with E-state index in [1.165, 1.54) is 0 Å². The van der Waals surface area contributed by atoms with E-state index in [4.69, 9.17) is 5.73 Å². The maximum absolute atomic E-state index is 11.7. The van der Waals surface area contributed by atoms with Gasteiger partial charge in [-0.25, -0.2) is 0 Å². The number of hydrogen-bond acceptors (Lipinski definition) is 3. The summed E-state index contributed by atoms with van der Waals surface area (Å²) in [5, 5.41) is 2.82. The van der Waals surface area contributed by atoms with Crippen molar-refractivity contribution in [2.45, 2.75) is 19.4 Å². The molecule has 0 bridgehead atoms. The van der Waals surface area contributed by atoms with E-state index in [9.17, 15) is 4.79 Å². The van der Waals surface area contributed by atoms with E-state index in [0.29, 0.717) is 6.42 Å². The van der Waals surface area contributed by atoms with Gasteiger partial charge in [0.15, 0.2) is 0 Å². The number of thioether (sulfide) groups is 1. The molecule has 1 atom stereocenters. The van der Waals surface area contributed by atoms with Crippen LogP contribution in [0.25, 0.3) is 0 Å². The zero-order chi connectivity index (χ0) is 12.0. The highest BCUT2D eigenvalue weighted by Crippen LogP contribution is 2.10. The van der Waals surface area contributed by atoms with Crippen molar-refractivity contribution in [1.29, 1.82) is 0 Å². The average Bonchev–Trinajstić information content (AvgIpc) is 2.25. The van der Waals surface area contributed by atoms with Gasteiger partial charge in [-0.3, -0.25) is 4.79 Å². The van der Waals surface area contributed by atoms with Crippen molar-refractivity contribution in [3.63, 3.8) is 0 Å². The Labute approximate surface area is 101 Å². The van der Waals surface area contributed by atoms with Crippen LogP contribution in [0.1, 0.15) is 12.0 Å². The van der Waals surface area contributed by atoms with Crippen LogP contribution in [0.5, 0.6) is 0 Å². The Kier molecular flexibility index (Phi) is 5.35. The Morgan fingerprint density at radius 1 is 1.56 bits per heavy atom. The monoisotopic (exact) mass is 238 g/mol.